The molecule has 0 saturated carbocycles. The van der Waals surface area contributed by atoms with Gasteiger partial charge in [-0.1, -0.05) is 182 Å². The summed E-state index contributed by atoms with van der Waals surface area (Å²) < 4.78 is 4.91. The highest BCUT2D eigenvalue weighted by atomic mass is 15.0. The van der Waals surface area contributed by atoms with Crippen LogP contribution >= 0.6 is 0 Å². The number of hydrogen-bond acceptors (Lipinski definition) is 0. The third-order valence-corrected chi connectivity index (χ3v) is 13.8. The normalized spacial score (nSPS) is 12.1. The van der Waals surface area contributed by atoms with Gasteiger partial charge in [0.15, 0.2) is 0 Å². The molecule has 0 bridgehead atoms. The molecule has 2 heteroatoms. The number of nitrogens with zero attached hydrogens (tertiary/aromatic N) is 2. The summed E-state index contributed by atoms with van der Waals surface area (Å²) in [5.41, 5.74) is 19.7. The largest absolute Gasteiger partial charge is 0.309 e. The van der Waals surface area contributed by atoms with Gasteiger partial charge in [0, 0.05) is 38.3 Å². The van der Waals surface area contributed by atoms with Crippen LogP contribution < -0.4 is 0 Å². The minimum atomic E-state index is 1.14. The number of aromatic nitrogens is 2. The monoisotopic (exact) mass is 810 g/mol. The fourth-order valence-corrected chi connectivity index (χ4v) is 11.0. The van der Waals surface area contributed by atoms with Gasteiger partial charge in [0.1, 0.15) is 0 Å². The van der Waals surface area contributed by atoms with Gasteiger partial charge in [-0.3, -0.25) is 0 Å². The van der Waals surface area contributed by atoms with Gasteiger partial charge in [0.05, 0.1) is 22.1 Å². The van der Waals surface area contributed by atoms with E-state index in [1.54, 1.807) is 0 Å². The average Bonchev–Trinajstić information content (AvgIpc) is 4.00. The maximum atomic E-state index is 2.46. The highest BCUT2D eigenvalue weighted by molar-refractivity contribution is 6.20. The van der Waals surface area contributed by atoms with Crippen LogP contribution in [-0.2, 0) is 0 Å². The van der Waals surface area contributed by atoms with Gasteiger partial charge in [-0.2, -0.15) is 0 Å². The van der Waals surface area contributed by atoms with E-state index in [-0.39, 0.29) is 0 Å². The fraction of sp³-hybridized carbons (Fsp3) is 0. The topological polar surface area (TPSA) is 9.86 Å². The Morgan fingerprint density at radius 1 is 0.234 bits per heavy atom. The molecule has 0 atom stereocenters. The second kappa shape index (κ2) is 13.5. The summed E-state index contributed by atoms with van der Waals surface area (Å²) in [6.45, 7) is 0. The van der Waals surface area contributed by atoms with E-state index < -0.39 is 0 Å². The van der Waals surface area contributed by atoms with E-state index in [9.17, 15) is 0 Å². The van der Waals surface area contributed by atoms with Gasteiger partial charge in [-0.25, -0.2) is 0 Å². The van der Waals surface area contributed by atoms with E-state index in [4.69, 9.17) is 0 Å². The molecule has 0 N–H and O–H groups in total. The van der Waals surface area contributed by atoms with E-state index >= 15 is 0 Å². The molecule has 0 unspecified atom stereocenters. The Bertz CT molecular complexity index is 4040. The summed E-state index contributed by atoms with van der Waals surface area (Å²) in [5, 5.41) is 10.2. The van der Waals surface area contributed by atoms with Crippen molar-refractivity contribution in [2.24, 2.45) is 0 Å². The van der Waals surface area contributed by atoms with Gasteiger partial charge < -0.3 is 9.13 Å². The fourth-order valence-electron chi connectivity index (χ4n) is 11.0. The minimum absolute atomic E-state index is 1.14. The van der Waals surface area contributed by atoms with Gasteiger partial charge in [-0.05, 0) is 120 Å². The lowest BCUT2D eigenvalue weighted by Gasteiger charge is -2.13. The molecular weight excluding hydrogens is 773 g/mol. The van der Waals surface area contributed by atoms with E-state index in [0.29, 0.717) is 0 Å². The lowest BCUT2D eigenvalue weighted by Crippen LogP contribution is -1.95. The van der Waals surface area contributed by atoms with Gasteiger partial charge in [-0.15, -0.1) is 0 Å². The smallest absolute Gasteiger partial charge is 0.0619 e. The quantitative estimate of drug-likeness (QED) is 0.164. The first-order chi connectivity index (χ1) is 31.7. The number of fused-ring (bicyclic) bond motifs is 11. The Labute approximate surface area is 370 Å². The summed E-state index contributed by atoms with van der Waals surface area (Å²) >= 11 is 0. The second-order valence-electron chi connectivity index (χ2n) is 17.2. The lowest BCUT2D eigenvalue weighted by molar-refractivity contribution is 1.18. The van der Waals surface area contributed by atoms with Gasteiger partial charge >= 0.3 is 0 Å². The number of rotatable bonds is 5. The zero-order valence-electron chi connectivity index (χ0n) is 34.8. The van der Waals surface area contributed by atoms with Crippen LogP contribution in [0.2, 0.25) is 0 Å². The Balaban J connectivity index is 0.909. The predicted octanol–water partition coefficient (Wildman–Crippen LogP) is 16.8. The van der Waals surface area contributed by atoms with Crippen molar-refractivity contribution in [1.82, 2.24) is 9.13 Å². The first kappa shape index (κ1) is 35.2. The van der Waals surface area contributed by atoms with Gasteiger partial charge in [0.2, 0.25) is 0 Å². The van der Waals surface area contributed by atoms with Crippen molar-refractivity contribution >= 4 is 65.2 Å². The molecule has 0 aliphatic heterocycles. The van der Waals surface area contributed by atoms with Crippen LogP contribution in [0.5, 0.6) is 0 Å². The molecule has 1 aliphatic carbocycles. The molecule has 14 rings (SSSR count). The summed E-state index contributed by atoms with van der Waals surface area (Å²) in [6.07, 6.45) is 0. The zero-order chi connectivity index (χ0) is 41.9. The molecule has 2 heterocycles. The summed E-state index contributed by atoms with van der Waals surface area (Å²) in [7, 11) is 0. The number of benzene rings is 11. The highest BCUT2D eigenvalue weighted by Crippen LogP contribution is 2.49. The van der Waals surface area contributed by atoms with E-state index in [2.05, 4.69) is 240 Å². The molecule has 0 radical (unpaired) electrons. The standard InChI is InChI=1S/C62H38N2/c1-2-17-45(18-3-1)64-60-38-43(29-31-53(60)57-32-27-39-13-4-5-20-48(39)62(57)64)42-28-30-52-51-23-8-9-26-58(51)63(59(52)37-42)46-19-11-15-41(36-46)40-14-10-16-44(35-40)47-33-34-56-50-22-7-6-21-49(50)55-25-12-24-54(47)61(55)56/h1-38H. The first-order valence-corrected chi connectivity index (χ1v) is 22.2. The SMILES string of the molecule is c1ccc(-n2c3cc(-c4ccc5c6ccccc6n(-c6cccc(-c7cccc(-c8ccc9c%10c(cccc8%10)-c8ccccc8-9)c7)c6)c5c4)ccc3c3ccc4ccccc4c32)cc1. The molecule has 11 aromatic carbocycles. The minimum Gasteiger partial charge on any atom is -0.309 e. The average molecular weight is 811 g/mol. The highest BCUT2D eigenvalue weighted by Gasteiger charge is 2.23. The molecule has 0 fully saturated rings. The lowest BCUT2D eigenvalue weighted by atomic mass is 9.92. The van der Waals surface area contributed by atoms with Crippen LogP contribution in [0, 0.1) is 0 Å². The molecular formula is C62H38N2. The molecule has 2 nitrogen and oxygen atoms in total. The van der Waals surface area contributed by atoms with Crippen molar-refractivity contribution < 1.29 is 0 Å². The molecule has 0 saturated heterocycles. The van der Waals surface area contributed by atoms with Crippen molar-refractivity contribution in [3.8, 4) is 67.0 Å². The van der Waals surface area contributed by atoms with E-state index in [0.717, 1.165) is 11.4 Å². The van der Waals surface area contributed by atoms with Crippen LogP contribution in [0.4, 0.5) is 0 Å². The zero-order valence-corrected chi connectivity index (χ0v) is 34.8. The van der Waals surface area contributed by atoms with Crippen LogP contribution in [-0.4, -0.2) is 9.13 Å². The van der Waals surface area contributed by atoms with E-state index in [1.165, 1.54) is 121 Å². The Hall–Kier alpha value is -8.46. The predicted molar refractivity (Wildman–Crippen MR) is 271 cm³/mol. The van der Waals surface area contributed by atoms with Crippen LogP contribution in [0.3, 0.4) is 0 Å². The van der Waals surface area contributed by atoms with Crippen molar-refractivity contribution in [1.29, 1.82) is 0 Å². The number of para-hydroxylation sites is 2. The summed E-state index contributed by atoms with van der Waals surface area (Å²) in [4.78, 5) is 0. The van der Waals surface area contributed by atoms with Crippen LogP contribution in [0.25, 0.3) is 132 Å². The molecule has 0 spiro atoms. The van der Waals surface area contributed by atoms with Crippen molar-refractivity contribution in [3.05, 3.63) is 231 Å². The molecule has 13 aromatic rings. The summed E-state index contributed by atoms with van der Waals surface area (Å²) in [6, 6.07) is 85.3. The molecule has 64 heavy (non-hydrogen) atoms. The Morgan fingerprint density at radius 3 is 1.59 bits per heavy atom. The maximum Gasteiger partial charge on any atom is 0.0619 e. The summed E-state index contributed by atoms with van der Waals surface area (Å²) in [5.74, 6) is 0. The number of hydrogen-bond donors (Lipinski definition) is 0. The molecule has 2 aromatic heterocycles. The maximum absolute atomic E-state index is 2.46. The van der Waals surface area contributed by atoms with Crippen molar-refractivity contribution in [3.63, 3.8) is 0 Å². The Kier molecular flexibility index (Phi) is 7.43. The third kappa shape index (κ3) is 5.08. The second-order valence-corrected chi connectivity index (χ2v) is 17.2. The van der Waals surface area contributed by atoms with Crippen molar-refractivity contribution in [2.45, 2.75) is 0 Å². The Morgan fingerprint density at radius 2 is 0.766 bits per heavy atom. The molecule has 0 amide bonds. The van der Waals surface area contributed by atoms with Crippen LogP contribution in [0.1, 0.15) is 0 Å². The molecule has 1 aliphatic rings. The van der Waals surface area contributed by atoms with Crippen molar-refractivity contribution in [2.75, 3.05) is 0 Å². The van der Waals surface area contributed by atoms with E-state index in [1.807, 2.05) is 0 Å². The van der Waals surface area contributed by atoms with Crippen LogP contribution in [0.15, 0.2) is 231 Å². The van der Waals surface area contributed by atoms with Gasteiger partial charge in [0.25, 0.3) is 0 Å². The molecule has 296 valence electrons. The third-order valence-electron chi connectivity index (χ3n) is 13.8. The first-order valence-electron chi connectivity index (χ1n) is 22.2.